The molecule has 0 bridgehead atoms. The molecule has 0 aliphatic carbocycles. The largest absolute Gasteiger partial charge is 0.350 e. The summed E-state index contributed by atoms with van der Waals surface area (Å²) in [6.45, 7) is 6.50. The summed E-state index contributed by atoms with van der Waals surface area (Å²) in [5, 5.41) is 0. The van der Waals surface area contributed by atoms with Crippen molar-refractivity contribution in [3.63, 3.8) is 0 Å². The summed E-state index contributed by atoms with van der Waals surface area (Å²) < 4.78 is 31.8. The lowest BCUT2D eigenvalue weighted by Gasteiger charge is -2.22. The molecular weight excluding hydrogens is 462 g/mol. The van der Waals surface area contributed by atoms with Crippen molar-refractivity contribution in [2.75, 3.05) is 12.4 Å². The number of allylic oxidation sites excluding steroid dienone is 5. The average Bonchev–Trinajstić information content (AvgIpc) is 2.90. The predicted molar refractivity (Wildman–Crippen MR) is 138 cm³/mol. The molecule has 3 rings (SSSR count). The molecule has 1 unspecified atom stereocenters. The molecule has 1 heterocycles. The van der Waals surface area contributed by atoms with Crippen LogP contribution in [0.1, 0.15) is 54.9 Å². The summed E-state index contributed by atoms with van der Waals surface area (Å²) in [5.41, 5.74) is 5.47. The number of amides is 1. The van der Waals surface area contributed by atoms with E-state index in [1.54, 1.807) is 18.2 Å². The molecule has 1 saturated heterocycles. The van der Waals surface area contributed by atoms with E-state index in [0.29, 0.717) is 13.0 Å². The lowest BCUT2D eigenvalue weighted by molar-refractivity contribution is -0.186. The fourth-order valence-corrected chi connectivity index (χ4v) is 5.30. The van der Waals surface area contributed by atoms with Crippen LogP contribution in [0.15, 0.2) is 89.9 Å². The van der Waals surface area contributed by atoms with E-state index in [2.05, 4.69) is 19.0 Å². The van der Waals surface area contributed by atoms with Gasteiger partial charge in [0.1, 0.15) is 0 Å². The molecule has 0 aromatic heterocycles. The van der Waals surface area contributed by atoms with E-state index < -0.39 is 22.0 Å². The maximum absolute atomic E-state index is 13.2. The SMILES string of the molecule is C=C/C(=C\C=C(/CC)c1ccccc1)CCS(=O)(=O)c1ccccc1C(=O)NOC1CCCCO1. The summed E-state index contributed by atoms with van der Waals surface area (Å²) in [7, 11) is -3.74. The van der Waals surface area contributed by atoms with Crippen LogP contribution in [0, 0.1) is 0 Å². The summed E-state index contributed by atoms with van der Waals surface area (Å²) in [5.74, 6) is -0.765. The molecule has 1 fully saturated rings. The number of hydroxylamine groups is 1. The van der Waals surface area contributed by atoms with Crippen LogP contribution in [0.3, 0.4) is 0 Å². The van der Waals surface area contributed by atoms with Gasteiger partial charge < -0.3 is 4.74 Å². The van der Waals surface area contributed by atoms with Crippen LogP contribution in [-0.4, -0.2) is 33.0 Å². The number of carbonyl (C=O) groups excluding carboxylic acids is 1. The van der Waals surface area contributed by atoms with Gasteiger partial charge in [-0.3, -0.25) is 4.79 Å². The second-order valence-electron chi connectivity index (χ2n) is 8.27. The molecule has 2 aromatic carbocycles. The first kappa shape index (κ1) is 26.6. The van der Waals surface area contributed by atoms with Gasteiger partial charge in [0.15, 0.2) is 16.1 Å². The molecule has 0 spiro atoms. The van der Waals surface area contributed by atoms with Crippen LogP contribution >= 0.6 is 0 Å². The van der Waals surface area contributed by atoms with Crippen molar-refractivity contribution in [1.29, 1.82) is 0 Å². The Morgan fingerprint density at radius 2 is 1.86 bits per heavy atom. The summed E-state index contributed by atoms with van der Waals surface area (Å²) >= 11 is 0. The van der Waals surface area contributed by atoms with Gasteiger partial charge in [-0.05, 0) is 54.5 Å². The van der Waals surface area contributed by atoms with Gasteiger partial charge in [-0.25, -0.2) is 18.7 Å². The Bertz CT molecular complexity index is 1160. The minimum absolute atomic E-state index is 0.0249. The van der Waals surface area contributed by atoms with E-state index in [1.807, 2.05) is 42.5 Å². The number of hydrogen-bond donors (Lipinski definition) is 1. The second kappa shape index (κ2) is 13.2. The lowest BCUT2D eigenvalue weighted by atomic mass is 10.0. The highest BCUT2D eigenvalue weighted by molar-refractivity contribution is 7.91. The number of rotatable bonds is 11. The van der Waals surface area contributed by atoms with Crippen LogP contribution in [0.5, 0.6) is 0 Å². The van der Waals surface area contributed by atoms with Crippen molar-refractivity contribution < 1.29 is 22.8 Å². The molecule has 6 nitrogen and oxygen atoms in total. The Morgan fingerprint density at radius 3 is 2.54 bits per heavy atom. The second-order valence-corrected chi connectivity index (χ2v) is 10.3. The number of nitrogens with one attached hydrogen (secondary N) is 1. The topological polar surface area (TPSA) is 81.7 Å². The molecule has 0 radical (unpaired) electrons. The van der Waals surface area contributed by atoms with Gasteiger partial charge in [0, 0.05) is 13.0 Å². The standard InChI is InChI=1S/C28H33NO5S/c1-3-22(17-18-23(4-2)24-12-6-5-7-13-24)19-21-35(31,32)26-15-9-8-14-25(26)28(30)29-34-27-16-10-11-20-33-27/h3,5-9,12-15,17-18,27H,1,4,10-11,16,19-21H2,2H3,(H,29,30)/b22-17+,23-18+. The molecule has 186 valence electrons. The lowest BCUT2D eigenvalue weighted by Crippen LogP contribution is -2.33. The molecule has 1 aliphatic heterocycles. The van der Waals surface area contributed by atoms with Gasteiger partial charge >= 0.3 is 0 Å². The fourth-order valence-electron chi connectivity index (χ4n) is 3.80. The quantitative estimate of drug-likeness (QED) is 0.322. The molecule has 1 aliphatic rings. The molecule has 1 atom stereocenters. The van der Waals surface area contributed by atoms with Crippen molar-refractivity contribution >= 4 is 21.3 Å². The maximum atomic E-state index is 13.2. The highest BCUT2D eigenvalue weighted by atomic mass is 32.2. The summed E-state index contributed by atoms with van der Waals surface area (Å²) in [6.07, 6.45) is 8.76. The Balaban J connectivity index is 1.70. The monoisotopic (exact) mass is 495 g/mol. The third kappa shape index (κ3) is 7.75. The van der Waals surface area contributed by atoms with E-state index in [1.165, 1.54) is 12.1 Å². The van der Waals surface area contributed by atoms with Gasteiger partial charge in [0.05, 0.1) is 16.2 Å². The van der Waals surface area contributed by atoms with Gasteiger partial charge in [-0.15, -0.1) is 0 Å². The van der Waals surface area contributed by atoms with Gasteiger partial charge in [-0.2, -0.15) is 0 Å². The zero-order valence-corrected chi connectivity index (χ0v) is 20.9. The number of benzene rings is 2. The van der Waals surface area contributed by atoms with Crippen molar-refractivity contribution in [1.82, 2.24) is 5.48 Å². The predicted octanol–water partition coefficient (Wildman–Crippen LogP) is 5.64. The average molecular weight is 496 g/mol. The Labute approximate surface area is 208 Å². The maximum Gasteiger partial charge on any atom is 0.276 e. The molecule has 35 heavy (non-hydrogen) atoms. The van der Waals surface area contributed by atoms with Crippen molar-refractivity contribution in [2.45, 2.75) is 50.2 Å². The third-order valence-electron chi connectivity index (χ3n) is 5.83. The molecule has 1 amide bonds. The zero-order chi connectivity index (χ0) is 25.1. The normalized spacial score (nSPS) is 17.1. The Morgan fingerprint density at radius 1 is 1.11 bits per heavy atom. The minimum atomic E-state index is -3.74. The first-order valence-electron chi connectivity index (χ1n) is 11.9. The number of hydrogen-bond acceptors (Lipinski definition) is 5. The summed E-state index contributed by atoms with van der Waals surface area (Å²) in [4.78, 5) is 18.0. The zero-order valence-electron chi connectivity index (χ0n) is 20.1. The van der Waals surface area contributed by atoms with Crippen LogP contribution in [0.2, 0.25) is 0 Å². The summed E-state index contributed by atoms with van der Waals surface area (Å²) in [6, 6.07) is 16.2. The van der Waals surface area contributed by atoms with Gasteiger partial charge in [-0.1, -0.05) is 74.2 Å². The van der Waals surface area contributed by atoms with Crippen molar-refractivity contribution in [3.8, 4) is 0 Å². The Hall–Kier alpha value is -3.00. The van der Waals surface area contributed by atoms with E-state index in [0.717, 1.165) is 36.0 Å². The smallest absolute Gasteiger partial charge is 0.276 e. The number of carbonyl (C=O) groups is 1. The third-order valence-corrected chi connectivity index (χ3v) is 7.60. The molecule has 0 saturated carbocycles. The highest BCUT2D eigenvalue weighted by Gasteiger charge is 2.23. The first-order valence-corrected chi connectivity index (χ1v) is 13.6. The van der Waals surface area contributed by atoms with E-state index in [-0.39, 0.29) is 22.6 Å². The van der Waals surface area contributed by atoms with E-state index >= 15 is 0 Å². The van der Waals surface area contributed by atoms with Crippen molar-refractivity contribution in [2.24, 2.45) is 0 Å². The number of ether oxygens (including phenoxy) is 1. The minimum Gasteiger partial charge on any atom is -0.350 e. The fraction of sp³-hybridized carbons (Fsp3) is 0.321. The van der Waals surface area contributed by atoms with E-state index in [4.69, 9.17) is 9.57 Å². The van der Waals surface area contributed by atoms with Crippen LogP contribution in [-0.2, 0) is 19.4 Å². The molecule has 1 N–H and O–H groups in total. The molecular formula is C28H33NO5S. The van der Waals surface area contributed by atoms with Gasteiger partial charge in [0.2, 0.25) is 0 Å². The van der Waals surface area contributed by atoms with Crippen molar-refractivity contribution in [3.05, 3.63) is 96.1 Å². The van der Waals surface area contributed by atoms with Gasteiger partial charge in [0.25, 0.3) is 5.91 Å². The van der Waals surface area contributed by atoms with E-state index in [9.17, 15) is 13.2 Å². The number of sulfone groups is 1. The highest BCUT2D eigenvalue weighted by Crippen LogP contribution is 2.22. The van der Waals surface area contributed by atoms with Crippen LogP contribution in [0.4, 0.5) is 0 Å². The molecule has 2 aromatic rings. The molecule has 7 heteroatoms. The van der Waals surface area contributed by atoms with Crippen LogP contribution < -0.4 is 5.48 Å². The van der Waals surface area contributed by atoms with Crippen LogP contribution in [0.25, 0.3) is 5.57 Å². The first-order chi connectivity index (χ1) is 16.9. The Kier molecular flexibility index (Phi) is 10.0.